The summed E-state index contributed by atoms with van der Waals surface area (Å²) >= 11 is 0. The van der Waals surface area contributed by atoms with E-state index >= 15 is 0 Å². The van der Waals surface area contributed by atoms with Gasteiger partial charge in [-0.2, -0.15) is 0 Å². The number of carbonyl (C=O) groups is 1. The number of para-hydroxylation sites is 1. The number of aromatic nitrogens is 2. The van der Waals surface area contributed by atoms with Crippen LogP contribution in [0.3, 0.4) is 0 Å². The zero-order valence-electron chi connectivity index (χ0n) is 12.3. The van der Waals surface area contributed by atoms with E-state index in [1.807, 2.05) is 38.1 Å². The number of nitrogens with two attached hydrogens (primary N) is 1. The number of amides is 1. The Bertz CT molecular complexity index is 656. The Morgan fingerprint density at radius 2 is 2.05 bits per heavy atom. The van der Waals surface area contributed by atoms with Crippen LogP contribution < -0.4 is 15.8 Å². The molecule has 0 bridgehead atoms. The summed E-state index contributed by atoms with van der Waals surface area (Å²) in [5.74, 6) is 0.931. The van der Waals surface area contributed by atoms with E-state index in [0.717, 1.165) is 5.56 Å². The van der Waals surface area contributed by atoms with E-state index in [4.69, 9.17) is 10.5 Å². The summed E-state index contributed by atoms with van der Waals surface area (Å²) in [6.07, 6.45) is 1.46. The third-order valence-corrected chi connectivity index (χ3v) is 2.78. The molecule has 6 nitrogen and oxygen atoms in total. The average Bonchev–Trinajstić information content (AvgIpc) is 2.46. The molecule has 0 saturated heterocycles. The van der Waals surface area contributed by atoms with Crippen LogP contribution in [0, 0.1) is 0 Å². The number of rotatable bonds is 4. The van der Waals surface area contributed by atoms with Crippen LogP contribution in [0.2, 0.25) is 0 Å². The predicted molar refractivity (Wildman–Crippen MR) is 81.0 cm³/mol. The number of nitrogens with one attached hydrogen (secondary N) is 1. The van der Waals surface area contributed by atoms with Crippen molar-refractivity contribution >= 4 is 11.7 Å². The van der Waals surface area contributed by atoms with Gasteiger partial charge in [0, 0.05) is 13.2 Å². The lowest BCUT2D eigenvalue weighted by Gasteiger charge is -2.13. The van der Waals surface area contributed by atoms with Gasteiger partial charge in [0.05, 0.1) is 17.2 Å². The van der Waals surface area contributed by atoms with Gasteiger partial charge in [-0.05, 0) is 26.0 Å². The summed E-state index contributed by atoms with van der Waals surface area (Å²) in [5.41, 5.74) is 6.82. The van der Waals surface area contributed by atoms with Gasteiger partial charge in [-0.3, -0.25) is 4.79 Å². The van der Waals surface area contributed by atoms with Crippen molar-refractivity contribution in [3.05, 3.63) is 36.0 Å². The predicted octanol–water partition coefficient (Wildman–Crippen LogP) is 1.87. The van der Waals surface area contributed by atoms with Crippen LogP contribution in [0.25, 0.3) is 11.4 Å². The quantitative estimate of drug-likeness (QED) is 0.895. The maximum absolute atomic E-state index is 11.6. The van der Waals surface area contributed by atoms with E-state index in [2.05, 4.69) is 15.3 Å². The van der Waals surface area contributed by atoms with E-state index in [1.54, 1.807) is 0 Å². The first-order valence-corrected chi connectivity index (χ1v) is 6.63. The highest BCUT2D eigenvalue weighted by molar-refractivity contribution is 5.98. The standard InChI is InChI=1S/C15H18N4O2/c1-9(2)21-12-7-5-4-6-10(12)14-18-8-11(13(16)19-14)15(20)17-3/h4-9H,1-3H3,(H,17,20)(H2,16,18,19). The molecular weight excluding hydrogens is 268 g/mol. The minimum Gasteiger partial charge on any atom is -0.490 e. The fourth-order valence-corrected chi connectivity index (χ4v) is 1.84. The molecule has 0 aliphatic rings. The third kappa shape index (κ3) is 3.28. The maximum Gasteiger partial charge on any atom is 0.256 e. The van der Waals surface area contributed by atoms with Gasteiger partial charge in [0.25, 0.3) is 5.91 Å². The minimum absolute atomic E-state index is 0.0358. The number of nitrogen functional groups attached to an aromatic ring is 1. The van der Waals surface area contributed by atoms with Crippen molar-refractivity contribution in [2.45, 2.75) is 20.0 Å². The molecule has 0 aliphatic carbocycles. The second kappa shape index (κ2) is 6.21. The Hall–Kier alpha value is -2.63. The normalized spacial score (nSPS) is 10.5. The molecule has 110 valence electrons. The molecule has 0 spiro atoms. The Morgan fingerprint density at radius 3 is 2.67 bits per heavy atom. The van der Waals surface area contributed by atoms with Crippen molar-refractivity contribution in [3.63, 3.8) is 0 Å². The third-order valence-electron chi connectivity index (χ3n) is 2.78. The number of carbonyl (C=O) groups excluding carboxylic acids is 1. The zero-order valence-corrected chi connectivity index (χ0v) is 12.3. The lowest BCUT2D eigenvalue weighted by atomic mass is 10.1. The molecule has 0 aliphatic heterocycles. The van der Waals surface area contributed by atoms with Crippen LogP contribution >= 0.6 is 0 Å². The van der Waals surface area contributed by atoms with Crippen molar-refractivity contribution in [1.29, 1.82) is 0 Å². The first-order chi connectivity index (χ1) is 10.0. The van der Waals surface area contributed by atoms with Gasteiger partial charge in [0.15, 0.2) is 5.82 Å². The fraction of sp³-hybridized carbons (Fsp3) is 0.267. The molecule has 21 heavy (non-hydrogen) atoms. The van der Waals surface area contributed by atoms with Gasteiger partial charge in [0.1, 0.15) is 11.6 Å². The Morgan fingerprint density at radius 1 is 1.33 bits per heavy atom. The number of anilines is 1. The average molecular weight is 286 g/mol. The minimum atomic E-state index is -0.314. The van der Waals surface area contributed by atoms with Crippen molar-refractivity contribution in [2.24, 2.45) is 0 Å². The number of hydrogen-bond donors (Lipinski definition) is 2. The van der Waals surface area contributed by atoms with Gasteiger partial charge in [-0.15, -0.1) is 0 Å². The number of benzene rings is 1. The van der Waals surface area contributed by atoms with Crippen molar-refractivity contribution in [1.82, 2.24) is 15.3 Å². The highest BCUT2D eigenvalue weighted by Crippen LogP contribution is 2.28. The van der Waals surface area contributed by atoms with Crippen molar-refractivity contribution in [3.8, 4) is 17.1 Å². The molecule has 0 fully saturated rings. The topological polar surface area (TPSA) is 90.1 Å². The molecule has 1 aromatic heterocycles. The van der Waals surface area contributed by atoms with E-state index < -0.39 is 0 Å². The summed E-state index contributed by atoms with van der Waals surface area (Å²) < 4.78 is 5.74. The first-order valence-electron chi connectivity index (χ1n) is 6.63. The Kier molecular flexibility index (Phi) is 4.37. The van der Waals surface area contributed by atoms with Crippen LogP contribution in [-0.2, 0) is 0 Å². The van der Waals surface area contributed by atoms with Gasteiger partial charge >= 0.3 is 0 Å². The molecule has 0 unspecified atom stereocenters. The van der Waals surface area contributed by atoms with Gasteiger partial charge < -0.3 is 15.8 Å². The van der Waals surface area contributed by atoms with Crippen LogP contribution in [0.1, 0.15) is 24.2 Å². The zero-order chi connectivity index (χ0) is 15.4. The van der Waals surface area contributed by atoms with Crippen LogP contribution in [0.5, 0.6) is 5.75 Å². The molecule has 0 radical (unpaired) electrons. The summed E-state index contributed by atoms with van der Waals surface area (Å²) in [5, 5.41) is 2.50. The first kappa shape index (κ1) is 14.8. The second-order valence-electron chi connectivity index (χ2n) is 4.73. The fourth-order valence-electron chi connectivity index (χ4n) is 1.84. The molecule has 3 N–H and O–H groups in total. The molecule has 2 rings (SSSR count). The molecule has 0 atom stereocenters. The molecule has 1 amide bonds. The molecule has 1 aromatic carbocycles. The summed E-state index contributed by atoms with van der Waals surface area (Å²) in [4.78, 5) is 20.0. The molecule has 2 aromatic rings. The molecule has 0 saturated carbocycles. The second-order valence-corrected chi connectivity index (χ2v) is 4.73. The summed E-state index contributed by atoms with van der Waals surface area (Å²) in [6, 6.07) is 7.45. The van der Waals surface area contributed by atoms with E-state index in [-0.39, 0.29) is 23.4 Å². The van der Waals surface area contributed by atoms with Crippen LogP contribution in [0.4, 0.5) is 5.82 Å². The van der Waals surface area contributed by atoms with Crippen molar-refractivity contribution in [2.75, 3.05) is 12.8 Å². The van der Waals surface area contributed by atoms with Crippen LogP contribution in [0.15, 0.2) is 30.5 Å². The van der Waals surface area contributed by atoms with E-state index in [0.29, 0.717) is 11.6 Å². The lowest BCUT2D eigenvalue weighted by Crippen LogP contribution is -2.20. The Labute approximate surface area is 123 Å². The SMILES string of the molecule is CNC(=O)c1cnc(-c2ccccc2OC(C)C)nc1N. The van der Waals surface area contributed by atoms with E-state index in [1.165, 1.54) is 13.2 Å². The molecule has 6 heteroatoms. The number of nitrogens with zero attached hydrogens (tertiary/aromatic N) is 2. The highest BCUT2D eigenvalue weighted by atomic mass is 16.5. The summed E-state index contributed by atoms with van der Waals surface area (Å²) in [6.45, 7) is 3.89. The maximum atomic E-state index is 11.6. The van der Waals surface area contributed by atoms with Gasteiger partial charge in [-0.25, -0.2) is 9.97 Å². The monoisotopic (exact) mass is 286 g/mol. The number of ether oxygens (including phenoxy) is 1. The highest BCUT2D eigenvalue weighted by Gasteiger charge is 2.14. The molecular formula is C15H18N4O2. The van der Waals surface area contributed by atoms with Crippen LogP contribution in [-0.4, -0.2) is 29.0 Å². The van der Waals surface area contributed by atoms with Crippen molar-refractivity contribution < 1.29 is 9.53 Å². The van der Waals surface area contributed by atoms with E-state index in [9.17, 15) is 4.79 Å². The largest absolute Gasteiger partial charge is 0.490 e. The lowest BCUT2D eigenvalue weighted by molar-refractivity contribution is 0.0963. The van der Waals surface area contributed by atoms with Gasteiger partial charge in [-0.1, -0.05) is 12.1 Å². The smallest absolute Gasteiger partial charge is 0.256 e. The Balaban J connectivity index is 2.43. The molecule has 1 heterocycles. The summed E-state index contributed by atoms with van der Waals surface area (Å²) in [7, 11) is 1.53. The van der Waals surface area contributed by atoms with Gasteiger partial charge in [0.2, 0.25) is 0 Å². The number of hydrogen-bond acceptors (Lipinski definition) is 5.